The zero-order valence-corrected chi connectivity index (χ0v) is 14.8. The fourth-order valence-corrected chi connectivity index (χ4v) is 4.42. The molecule has 2 aliphatic rings. The molecule has 2 unspecified atom stereocenters. The number of likely N-dealkylation sites (tertiary alicyclic amines) is 1. The molecule has 1 heterocycles. The lowest BCUT2D eigenvalue weighted by Gasteiger charge is -2.40. The fraction of sp³-hybridized carbons (Fsp3) is 0.526. The van der Waals surface area contributed by atoms with E-state index in [4.69, 9.17) is 11.5 Å². The van der Waals surface area contributed by atoms with E-state index in [1.54, 1.807) is 24.3 Å². The summed E-state index contributed by atoms with van der Waals surface area (Å²) in [5.74, 6) is -0.694. The van der Waals surface area contributed by atoms with Gasteiger partial charge in [-0.15, -0.1) is 0 Å². The van der Waals surface area contributed by atoms with E-state index in [0.717, 1.165) is 12.8 Å². The fourth-order valence-electron chi connectivity index (χ4n) is 4.42. The highest BCUT2D eigenvalue weighted by Gasteiger charge is 2.52. The summed E-state index contributed by atoms with van der Waals surface area (Å²) in [6.07, 6.45) is 3.63. The predicted octanol–water partition coefficient (Wildman–Crippen LogP) is 0.185. The first-order valence-electron chi connectivity index (χ1n) is 9.13. The molecule has 7 heteroatoms. The summed E-state index contributed by atoms with van der Waals surface area (Å²) in [4.78, 5) is 39.0. The van der Waals surface area contributed by atoms with Gasteiger partial charge >= 0.3 is 0 Å². The molecule has 26 heavy (non-hydrogen) atoms. The first kappa shape index (κ1) is 18.5. The first-order chi connectivity index (χ1) is 12.5. The van der Waals surface area contributed by atoms with Crippen LogP contribution in [0.2, 0.25) is 0 Å². The van der Waals surface area contributed by atoms with Crippen LogP contribution in [0.4, 0.5) is 0 Å². The Morgan fingerprint density at radius 2 is 1.81 bits per heavy atom. The molecule has 0 radical (unpaired) electrons. The van der Waals surface area contributed by atoms with E-state index in [1.165, 1.54) is 0 Å². The third kappa shape index (κ3) is 3.37. The third-order valence-corrected chi connectivity index (χ3v) is 5.69. The van der Waals surface area contributed by atoms with Gasteiger partial charge in [-0.05, 0) is 31.4 Å². The Balaban J connectivity index is 1.79. The zero-order chi connectivity index (χ0) is 18.7. The largest absolute Gasteiger partial charge is 0.368 e. The molecule has 2 fully saturated rings. The topological polar surface area (TPSA) is 119 Å². The van der Waals surface area contributed by atoms with Crippen LogP contribution >= 0.6 is 0 Å². The lowest BCUT2D eigenvalue weighted by molar-refractivity contribution is -0.134. The van der Waals surface area contributed by atoms with Crippen LogP contribution in [0.3, 0.4) is 0 Å². The van der Waals surface area contributed by atoms with Crippen molar-refractivity contribution >= 4 is 17.6 Å². The van der Waals surface area contributed by atoms with Crippen molar-refractivity contribution in [1.29, 1.82) is 0 Å². The Morgan fingerprint density at radius 3 is 2.38 bits per heavy atom. The highest BCUT2D eigenvalue weighted by molar-refractivity contribution is 5.95. The van der Waals surface area contributed by atoms with Crippen LogP contribution in [0.25, 0.3) is 0 Å². The molecule has 7 nitrogen and oxygen atoms in total. The van der Waals surface area contributed by atoms with Gasteiger partial charge in [0.1, 0.15) is 0 Å². The Bertz CT molecular complexity index is 685. The maximum absolute atomic E-state index is 12.6. The number of amides is 2. The minimum Gasteiger partial charge on any atom is -0.368 e. The molecule has 1 aromatic carbocycles. The number of carbonyl (C=O) groups excluding carboxylic acids is 3. The third-order valence-electron chi connectivity index (χ3n) is 5.69. The number of nitrogens with two attached hydrogens (primary N) is 2. The normalized spacial score (nSPS) is 25.1. The van der Waals surface area contributed by atoms with Crippen LogP contribution in [-0.4, -0.2) is 53.2 Å². The molecule has 140 valence electrons. The second-order valence-electron chi connectivity index (χ2n) is 7.21. The quantitative estimate of drug-likeness (QED) is 0.670. The van der Waals surface area contributed by atoms with Gasteiger partial charge in [-0.3, -0.25) is 19.3 Å². The van der Waals surface area contributed by atoms with Gasteiger partial charge in [-0.2, -0.15) is 0 Å². The number of hydrogen-bond donors (Lipinski definition) is 3. The maximum Gasteiger partial charge on any atom is 0.251 e. The van der Waals surface area contributed by atoms with Crippen molar-refractivity contribution in [2.75, 3.05) is 13.1 Å². The maximum atomic E-state index is 12.6. The molecule has 1 saturated heterocycles. The van der Waals surface area contributed by atoms with Crippen LogP contribution in [0, 0.1) is 0 Å². The van der Waals surface area contributed by atoms with E-state index in [-0.39, 0.29) is 24.3 Å². The van der Waals surface area contributed by atoms with Crippen molar-refractivity contribution in [1.82, 2.24) is 10.2 Å². The molecule has 1 aliphatic carbocycles. The molecular formula is C19H26N4O3. The van der Waals surface area contributed by atoms with E-state index >= 15 is 0 Å². The van der Waals surface area contributed by atoms with Crippen molar-refractivity contribution < 1.29 is 14.4 Å². The summed E-state index contributed by atoms with van der Waals surface area (Å²) in [5.41, 5.74) is 11.1. The molecular weight excluding hydrogens is 332 g/mol. The van der Waals surface area contributed by atoms with Crippen molar-refractivity contribution in [2.24, 2.45) is 11.5 Å². The lowest BCUT2D eigenvalue weighted by Crippen LogP contribution is -2.59. The zero-order valence-electron chi connectivity index (χ0n) is 14.8. The van der Waals surface area contributed by atoms with Crippen molar-refractivity contribution in [3.63, 3.8) is 0 Å². The summed E-state index contributed by atoms with van der Waals surface area (Å²) in [6, 6.07) is 8.13. The summed E-state index contributed by atoms with van der Waals surface area (Å²) in [7, 11) is 0. The monoisotopic (exact) mass is 358 g/mol. The van der Waals surface area contributed by atoms with Crippen LogP contribution in [0.1, 0.15) is 42.5 Å². The van der Waals surface area contributed by atoms with Crippen LogP contribution in [-0.2, 0) is 9.59 Å². The molecule has 0 aromatic heterocycles. The van der Waals surface area contributed by atoms with Crippen molar-refractivity contribution in [2.45, 2.75) is 49.7 Å². The molecule has 0 spiro atoms. The number of benzene rings is 1. The predicted molar refractivity (Wildman–Crippen MR) is 97.3 cm³/mol. The molecule has 1 saturated carbocycles. The molecule has 3 rings (SSSR count). The highest BCUT2D eigenvalue weighted by atomic mass is 16.2. The summed E-state index contributed by atoms with van der Waals surface area (Å²) in [6.45, 7) is 0.376. The summed E-state index contributed by atoms with van der Waals surface area (Å²) >= 11 is 0. The Labute approximate surface area is 153 Å². The van der Waals surface area contributed by atoms with Gasteiger partial charge in [-0.1, -0.05) is 31.0 Å². The molecule has 2 amide bonds. The molecule has 0 bridgehead atoms. The number of Topliss-reactive ketones (excluding diaryl/α,β-unsaturated/α-hetero) is 1. The number of rotatable bonds is 6. The van der Waals surface area contributed by atoms with Crippen molar-refractivity contribution in [3.05, 3.63) is 35.9 Å². The van der Waals surface area contributed by atoms with E-state index in [1.807, 2.05) is 11.0 Å². The van der Waals surface area contributed by atoms with E-state index in [0.29, 0.717) is 31.4 Å². The average molecular weight is 358 g/mol. The van der Waals surface area contributed by atoms with Gasteiger partial charge in [0.2, 0.25) is 5.91 Å². The average Bonchev–Trinajstić information content (AvgIpc) is 3.29. The van der Waals surface area contributed by atoms with E-state index in [9.17, 15) is 14.4 Å². The van der Waals surface area contributed by atoms with E-state index in [2.05, 4.69) is 5.32 Å². The Morgan fingerprint density at radius 1 is 1.15 bits per heavy atom. The number of nitrogens with zero attached hydrogens (tertiary/aromatic N) is 1. The van der Waals surface area contributed by atoms with Gasteiger partial charge in [0.15, 0.2) is 5.78 Å². The van der Waals surface area contributed by atoms with Crippen LogP contribution < -0.4 is 16.8 Å². The Hall–Kier alpha value is -2.25. The standard InChI is InChI=1S/C19H26N4O3/c20-11-16(24)19(8-4-5-9-19)23-12-14(10-15(23)17(21)25)22-18(26)13-6-2-1-3-7-13/h1-3,6-7,14-15H,4-5,8-12,20H2,(H2,21,25)(H,22,26). The van der Waals surface area contributed by atoms with Gasteiger partial charge in [0, 0.05) is 18.2 Å². The molecule has 1 aromatic rings. The van der Waals surface area contributed by atoms with Crippen LogP contribution in [0.15, 0.2) is 30.3 Å². The van der Waals surface area contributed by atoms with Crippen LogP contribution in [0.5, 0.6) is 0 Å². The first-order valence-corrected chi connectivity index (χ1v) is 9.13. The number of primary amides is 1. The van der Waals surface area contributed by atoms with Gasteiger partial charge < -0.3 is 16.8 Å². The smallest absolute Gasteiger partial charge is 0.251 e. The summed E-state index contributed by atoms with van der Waals surface area (Å²) in [5, 5.41) is 2.98. The molecule has 1 aliphatic heterocycles. The number of hydrogen-bond acceptors (Lipinski definition) is 5. The van der Waals surface area contributed by atoms with E-state index < -0.39 is 17.5 Å². The minimum atomic E-state index is -0.722. The molecule has 2 atom stereocenters. The van der Waals surface area contributed by atoms with Gasteiger partial charge in [0.25, 0.3) is 5.91 Å². The molecule has 5 N–H and O–H groups in total. The SMILES string of the molecule is NCC(=O)C1(N2CC(NC(=O)c3ccccc3)CC2C(N)=O)CCCC1. The summed E-state index contributed by atoms with van der Waals surface area (Å²) < 4.78 is 0. The second kappa shape index (κ2) is 7.55. The second-order valence-corrected chi connectivity index (χ2v) is 7.21. The number of ketones is 1. The Kier molecular flexibility index (Phi) is 5.38. The lowest BCUT2D eigenvalue weighted by atomic mass is 9.88. The minimum absolute atomic E-state index is 0.0451. The van der Waals surface area contributed by atoms with Crippen molar-refractivity contribution in [3.8, 4) is 0 Å². The highest BCUT2D eigenvalue weighted by Crippen LogP contribution is 2.40. The number of carbonyl (C=O) groups is 3. The van der Waals surface area contributed by atoms with Gasteiger partial charge in [0.05, 0.1) is 18.1 Å². The van der Waals surface area contributed by atoms with Gasteiger partial charge in [-0.25, -0.2) is 0 Å². The number of nitrogens with one attached hydrogen (secondary N) is 1.